The number of hydrogen-bond acceptors (Lipinski definition) is 6. The van der Waals surface area contributed by atoms with E-state index in [-0.39, 0.29) is 18.5 Å². The van der Waals surface area contributed by atoms with Crippen LogP contribution >= 0.6 is 0 Å². The highest BCUT2D eigenvalue weighted by atomic mass is 16.7. The van der Waals surface area contributed by atoms with Gasteiger partial charge in [0.25, 0.3) is 0 Å². The summed E-state index contributed by atoms with van der Waals surface area (Å²) in [5.41, 5.74) is 1.59. The lowest BCUT2D eigenvalue weighted by Crippen LogP contribution is -2.50. The predicted molar refractivity (Wildman–Crippen MR) is 107 cm³/mol. The van der Waals surface area contributed by atoms with Crippen LogP contribution < -0.4 is 14.2 Å². The molecule has 1 amide bonds. The second-order valence-electron chi connectivity index (χ2n) is 7.17. The molecule has 2 aliphatic rings. The molecule has 2 heterocycles. The van der Waals surface area contributed by atoms with Gasteiger partial charge in [-0.1, -0.05) is 12.1 Å². The van der Waals surface area contributed by atoms with E-state index in [0.29, 0.717) is 56.2 Å². The number of ketones is 1. The van der Waals surface area contributed by atoms with Gasteiger partial charge in [-0.3, -0.25) is 14.5 Å². The van der Waals surface area contributed by atoms with E-state index in [4.69, 9.17) is 14.2 Å². The van der Waals surface area contributed by atoms with Crippen LogP contribution in [0.1, 0.15) is 15.9 Å². The minimum Gasteiger partial charge on any atom is -0.497 e. The van der Waals surface area contributed by atoms with Crippen molar-refractivity contribution >= 4 is 11.7 Å². The monoisotopic (exact) mass is 396 g/mol. The minimum atomic E-state index is 0.0429. The highest BCUT2D eigenvalue weighted by Crippen LogP contribution is 2.32. The maximum absolute atomic E-state index is 12.6. The molecule has 0 aliphatic carbocycles. The van der Waals surface area contributed by atoms with E-state index in [2.05, 4.69) is 4.90 Å². The number of benzene rings is 2. The average Bonchev–Trinajstić information content (AvgIpc) is 3.22. The van der Waals surface area contributed by atoms with Crippen LogP contribution in [-0.4, -0.2) is 68.1 Å². The van der Waals surface area contributed by atoms with Crippen LogP contribution in [0.2, 0.25) is 0 Å². The molecular formula is C22H24N2O5. The van der Waals surface area contributed by atoms with Gasteiger partial charge in [-0.25, -0.2) is 0 Å². The zero-order chi connectivity index (χ0) is 20.2. The summed E-state index contributed by atoms with van der Waals surface area (Å²) in [7, 11) is 1.62. The van der Waals surface area contributed by atoms with Crippen molar-refractivity contribution < 1.29 is 23.8 Å². The highest BCUT2D eigenvalue weighted by molar-refractivity contribution is 5.98. The van der Waals surface area contributed by atoms with Crippen molar-refractivity contribution in [2.75, 3.05) is 46.6 Å². The Morgan fingerprint density at radius 3 is 2.41 bits per heavy atom. The minimum absolute atomic E-state index is 0.0429. The summed E-state index contributed by atoms with van der Waals surface area (Å²) in [6.07, 6.45) is 0.375. The zero-order valence-corrected chi connectivity index (χ0v) is 16.4. The molecule has 0 radical (unpaired) electrons. The smallest absolute Gasteiger partial charge is 0.231 e. The third-order valence-corrected chi connectivity index (χ3v) is 5.30. The van der Waals surface area contributed by atoms with Crippen LogP contribution in [0.5, 0.6) is 17.2 Å². The molecule has 4 rings (SSSR count). The Kier molecular flexibility index (Phi) is 5.67. The zero-order valence-electron chi connectivity index (χ0n) is 16.4. The van der Waals surface area contributed by atoms with Crippen molar-refractivity contribution in [1.82, 2.24) is 9.80 Å². The Bertz CT molecular complexity index is 889. The van der Waals surface area contributed by atoms with E-state index in [9.17, 15) is 9.59 Å². The average molecular weight is 396 g/mol. The van der Waals surface area contributed by atoms with Crippen molar-refractivity contribution in [2.24, 2.45) is 0 Å². The molecule has 0 spiro atoms. The molecule has 0 atom stereocenters. The largest absolute Gasteiger partial charge is 0.497 e. The lowest BCUT2D eigenvalue weighted by atomic mass is 10.1. The molecule has 7 heteroatoms. The van der Waals surface area contributed by atoms with Gasteiger partial charge in [0, 0.05) is 31.7 Å². The Hall–Kier alpha value is -3.06. The first kappa shape index (κ1) is 19.3. The molecule has 0 unspecified atom stereocenters. The Balaban J connectivity index is 1.26. The first-order chi connectivity index (χ1) is 14.1. The summed E-state index contributed by atoms with van der Waals surface area (Å²) in [5, 5.41) is 0. The van der Waals surface area contributed by atoms with Crippen LogP contribution in [0.3, 0.4) is 0 Å². The van der Waals surface area contributed by atoms with Crippen molar-refractivity contribution in [2.45, 2.75) is 6.42 Å². The van der Waals surface area contributed by atoms with Gasteiger partial charge >= 0.3 is 0 Å². The van der Waals surface area contributed by atoms with Crippen LogP contribution in [0.4, 0.5) is 0 Å². The van der Waals surface area contributed by atoms with Gasteiger partial charge in [0.2, 0.25) is 12.7 Å². The van der Waals surface area contributed by atoms with Crippen molar-refractivity contribution in [3.8, 4) is 17.2 Å². The third-order valence-electron chi connectivity index (χ3n) is 5.30. The maximum Gasteiger partial charge on any atom is 0.231 e. The summed E-state index contributed by atoms with van der Waals surface area (Å²) in [4.78, 5) is 29.1. The quantitative estimate of drug-likeness (QED) is 0.696. The number of nitrogens with zero attached hydrogens (tertiary/aromatic N) is 2. The molecule has 2 aromatic rings. The van der Waals surface area contributed by atoms with Gasteiger partial charge in [0.05, 0.1) is 20.1 Å². The Morgan fingerprint density at radius 1 is 0.966 bits per heavy atom. The van der Waals surface area contributed by atoms with Crippen molar-refractivity contribution in [3.63, 3.8) is 0 Å². The molecule has 0 aromatic heterocycles. The van der Waals surface area contributed by atoms with E-state index < -0.39 is 0 Å². The van der Waals surface area contributed by atoms with Gasteiger partial charge in [-0.2, -0.15) is 0 Å². The van der Waals surface area contributed by atoms with Gasteiger partial charge in [0.15, 0.2) is 17.3 Å². The normalized spacial score (nSPS) is 16.0. The molecule has 0 N–H and O–H groups in total. The number of fused-ring (bicyclic) bond motifs is 1. The molecule has 0 bridgehead atoms. The van der Waals surface area contributed by atoms with E-state index in [1.54, 1.807) is 25.3 Å². The highest BCUT2D eigenvalue weighted by Gasteiger charge is 2.24. The lowest BCUT2D eigenvalue weighted by Gasteiger charge is -2.34. The third kappa shape index (κ3) is 4.51. The summed E-state index contributed by atoms with van der Waals surface area (Å²) < 4.78 is 15.8. The second-order valence-corrected chi connectivity index (χ2v) is 7.17. The maximum atomic E-state index is 12.6. The molecule has 0 saturated carbocycles. The molecule has 29 heavy (non-hydrogen) atoms. The van der Waals surface area contributed by atoms with E-state index in [0.717, 1.165) is 11.3 Å². The summed E-state index contributed by atoms with van der Waals surface area (Å²) in [6, 6.07) is 12.8. The fraction of sp³-hybridized carbons (Fsp3) is 0.364. The molecular weight excluding hydrogens is 372 g/mol. The first-order valence-electron chi connectivity index (χ1n) is 9.68. The number of methoxy groups -OCH3 is 1. The molecule has 1 fully saturated rings. The number of piperazine rings is 1. The van der Waals surface area contributed by atoms with Gasteiger partial charge in [0.1, 0.15) is 5.75 Å². The van der Waals surface area contributed by atoms with Gasteiger partial charge in [-0.05, 0) is 35.9 Å². The number of hydrogen-bond donors (Lipinski definition) is 0. The van der Waals surface area contributed by atoms with E-state index in [1.165, 1.54) is 0 Å². The summed E-state index contributed by atoms with van der Waals surface area (Å²) in [6.45, 7) is 3.15. The van der Waals surface area contributed by atoms with Crippen molar-refractivity contribution in [1.29, 1.82) is 0 Å². The number of Topliss-reactive ketones (excluding diaryl/α,β-unsaturated/α-hetero) is 1. The fourth-order valence-corrected chi connectivity index (χ4v) is 3.55. The van der Waals surface area contributed by atoms with Crippen LogP contribution in [0.15, 0.2) is 42.5 Å². The molecule has 152 valence electrons. The Labute approximate surface area is 169 Å². The molecule has 2 aromatic carbocycles. The number of amides is 1. The van der Waals surface area contributed by atoms with Crippen LogP contribution in [0, 0.1) is 0 Å². The van der Waals surface area contributed by atoms with Gasteiger partial charge < -0.3 is 19.1 Å². The Morgan fingerprint density at radius 2 is 1.69 bits per heavy atom. The standard InChI is InChI=1S/C22H24N2O5/c1-27-18-5-2-16(3-6-18)12-22(26)24-10-8-23(9-11-24)14-19(25)17-4-7-20-21(13-17)29-15-28-20/h2-7,13H,8-12,14-15H2,1H3. The van der Waals surface area contributed by atoms with Crippen molar-refractivity contribution in [3.05, 3.63) is 53.6 Å². The molecule has 1 saturated heterocycles. The predicted octanol–water partition coefficient (Wildman–Crippen LogP) is 1.99. The summed E-state index contributed by atoms with van der Waals surface area (Å²) >= 11 is 0. The topological polar surface area (TPSA) is 68.3 Å². The van der Waals surface area contributed by atoms with E-state index in [1.807, 2.05) is 29.2 Å². The number of ether oxygens (including phenoxy) is 3. The number of rotatable bonds is 6. The van der Waals surface area contributed by atoms with Crippen LogP contribution in [0.25, 0.3) is 0 Å². The van der Waals surface area contributed by atoms with Crippen LogP contribution in [-0.2, 0) is 11.2 Å². The fourth-order valence-electron chi connectivity index (χ4n) is 3.55. The summed E-state index contributed by atoms with van der Waals surface area (Å²) in [5.74, 6) is 2.22. The molecule has 7 nitrogen and oxygen atoms in total. The van der Waals surface area contributed by atoms with Gasteiger partial charge in [-0.15, -0.1) is 0 Å². The first-order valence-corrected chi connectivity index (χ1v) is 9.68. The SMILES string of the molecule is COc1ccc(CC(=O)N2CCN(CC(=O)c3ccc4c(c3)OCO4)CC2)cc1. The second kappa shape index (κ2) is 8.53. The number of carbonyl (C=O) groups is 2. The molecule has 2 aliphatic heterocycles. The lowest BCUT2D eigenvalue weighted by molar-refractivity contribution is -0.132. The van der Waals surface area contributed by atoms with E-state index >= 15 is 0 Å². The number of carbonyl (C=O) groups excluding carboxylic acids is 2.